The van der Waals surface area contributed by atoms with Crippen LogP contribution < -0.4 is 10.6 Å². The molecule has 0 radical (unpaired) electrons. The molecule has 0 bridgehead atoms. The third-order valence-electron chi connectivity index (χ3n) is 3.24. The van der Waals surface area contributed by atoms with Crippen LogP contribution in [-0.2, 0) is 9.53 Å². The number of carboxylic acid groups (broad SMARTS) is 1. The van der Waals surface area contributed by atoms with Crippen molar-refractivity contribution in [1.29, 1.82) is 0 Å². The second-order valence-electron chi connectivity index (χ2n) is 4.85. The molecule has 1 fully saturated rings. The molecule has 6 nitrogen and oxygen atoms in total. The molecule has 0 aliphatic carbocycles. The number of hydrogen-bond donors (Lipinski definition) is 3. The van der Waals surface area contributed by atoms with E-state index in [0.717, 1.165) is 25.9 Å². The van der Waals surface area contributed by atoms with Gasteiger partial charge in [-0.05, 0) is 44.1 Å². The number of urea groups is 1. The number of nitrogens with one attached hydrogen (secondary N) is 2. The van der Waals surface area contributed by atoms with Gasteiger partial charge in [0.05, 0.1) is 6.10 Å². The minimum absolute atomic E-state index is 0.218. The lowest BCUT2D eigenvalue weighted by Gasteiger charge is -2.22. The number of ether oxygens (including phenoxy) is 1. The van der Waals surface area contributed by atoms with Gasteiger partial charge in [0.25, 0.3) is 0 Å². The van der Waals surface area contributed by atoms with Crippen LogP contribution in [0.15, 0.2) is 0 Å². The molecule has 1 unspecified atom stereocenters. The number of carbonyl (C=O) groups is 2. The molecule has 3 N–H and O–H groups in total. The summed E-state index contributed by atoms with van der Waals surface area (Å²) >= 11 is 1.56. The lowest BCUT2D eigenvalue weighted by Crippen LogP contribution is -2.46. The molecule has 1 heterocycles. The molecule has 2 atom stereocenters. The van der Waals surface area contributed by atoms with E-state index in [1.807, 2.05) is 6.26 Å². The van der Waals surface area contributed by atoms with Crippen molar-refractivity contribution in [1.82, 2.24) is 10.6 Å². The highest BCUT2D eigenvalue weighted by atomic mass is 32.2. The minimum atomic E-state index is -0.996. The van der Waals surface area contributed by atoms with Crippen LogP contribution in [0.3, 0.4) is 0 Å². The van der Waals surface area contributed by atoms with Crippen LogP contribution in [-0.4, -0.2) is 54.4 Å². The Labute approximate surface area is 124 Å². The van der Waals surface area contributed by atoms with E-state index in [4.69, 9.17) is 9.84 Å². The van der Waals surface area contributed by atoms with Gasteiger partial charge in [-0.2, -0.15) is 11.8 Å². The maximum atomic E-state index is 11.6. The minimum Gasteiger partial charge on any atom is -0.480 e. The summed E-state index contributed by atoms with van der Waals surface area (Å²) in [6, 6.07) is -1.25. The molecular formula is C13H24N2O4S. The van der Waals surface area contributed by atoms with Gasteiger partial charge in [0.2, 0.25) is 0 Å². The SMILES string of the molecule is CSCC[C@H](NC(=O)NCCC1CCCCO1)C(=O)O. The Morgan fingerprint density at radius 1 is 1.45 bits per heavy atom. The number of hydrogen-bond acceptors (Lipinski definition) is 4. The normalized spacial score (nSPS) is 20.1. The highest BCUT2D eigenvalue weighted by Gasteiger charge is 2.19. The molecule has 1 rings (SSSR count). The molecule has 0 saturated carbocycles. The van der Waals surface area contributed by atoms with E-state index in [0.29, 0.717) is 18.7 Å². The topological polar surface area (TPSA) is 87.7 Å². The van der Waals surface area contributed by atoms with E-state index in [1.54, 1.807) is 11.8 Å². The standard InChI is InChI=1S/C13H24N2O4S/c1-20-9-6-11(12(16)17)15-13(18)14-7-5-10-4-2-3-8-19-10/h10-11H,2-9H2,1H3,(H,16,17)(H2,14,15,18)/t10?,11-/m0/s1. The zero-order chi connectivity index (χ0) is 14.8. The predicted molar refractivity (Wildman–Crippen MR) is 79.2 cm³/mol. The van der Waals surface area contributed by atoms with E-state index in [1.165, 1.54) is 6.42 Å². The summed E-state index contributed by atoms with van der Waals surface area (Å²) < 4.78 is 5.56. The Balaban J connectivity index is 2.18. The summed E-state index contributed by atoms with van der Waals surface area (Å²) in [6.45, 7) is 1.30. The zero-order valence-electron chi connectivity index (χ0n) is 11.9. The van der Waals surface area contributed by atoms with Crippen molar-refractivity contribution in [3.8, 4) is 0 Å². The average Bonchev–Trinajstić information content (AvgIpc) is 2.44. The molecular weight excluding hydrogens is 280 g/mol. The second kappa shape index (κ2) is 9.88. The van der Waals surface area contributed by atoms with E-state index >= 15 is 0 Å². The highest BCUT2D eigenvalue weighted by molar-refractivity contribution is 7.98. The Morgan fingerprint density at radius 3 is 2.85 bits per heavy atom. The highest BCUT2D eigenvalue weighted by Crippen LogP contribution is 2.14. The second-order valence-corrected chi connectivity index (χ2v) is 5.84. The first kappa shape index (κ1) is 17.1. The van der Waals surface area contributed by atoms with Gasteiger partial charge in [0.1, 0.15) is 6.04 Å². The summed E-state index contributed by atoms with van der Waals surface area (Å²) in [7, 11) is 0. The maximum absolute atomic E-state index is 11.6. The first-order chi connectivity index (χ1) is 9.63. The van der Waals surface area contributed by atoms with Crippen LogP contribution in [0.2, 0.25) is 0 Å². The van der Waals surface area contributed by atoms with Crippen molar-refractivity contribution in [3.63, 3.8) is 0 Å². The van der Waals surface area contributed by atoms with Gasteiger partial charge in [-0.3, -0.25) is 0 Å². The third-order valence-corrected chi connectivity index (χ3v) is 3.88. The average molecular weight is 304 g/mol. The molecule has 116 valence electrons. The van der Waals surface area contributed by atoms with Crippen LogP contribution in [0.5, 0.6) is 0 Å². The third kappa shape index (κ3) is 7.00. The number of carboxylic acids is 1. The number of amides is 2. The van der Waals surface area contributed by atoms with Gasteiger partial charge in [-0.25, -0.2) is 9.59 Å². The van der Waals surface area contributed by atoms with E-state index in [-0.39, 0.29) is 6.10 Å². The van der Waals surface area contributed by atoms with E-state index in [9.17, 15) is 9.59 Å². The Bertz CT molecular complexity index is 309. The lowest BCUT2D eigenvalue weighted by molar-refractivity contribution is -0.139. The quantitative estimate of drug-likeness (QED) is 0.632. The summed E-state index contributed by atoms with van der Waals surface area (Å²) in [4.78, 5) is 22.6. The van der Waals surface area contributed by atoms with Crippen LogP contribution in [0.4, 0.5) is 4.79 Å². The maximum Gasteiger partial charge on any atom is 0.326 e. The first-order valence-electron chi connectivity index (χ1n) is 7.01. The molecule has 1 aliphatic heterocycles. The van der Waals surface area contributed by atoms with Gasteiger partial charge in [0, 0.05) is 13.2 Å². The summed E-state index contributed by atoms with van der Waals surface area (Å²) in [6.07, 6.45) is 6.65. The molecule has 1 saturated heterocycles. The van der Waals surface area contributed by atoms with Gasteiger partial charge in [-0.1, -0.05) is 0 Å². The van der Waals surface area contributed by atoms with Crippen molar-refractivity contribution in [2.75, 3.05) is 25.2 Å². The molecule has 7 heteroatoms. The molecule has 20 heavy (non-hydrogen) atoms. The Morgan fingerprint density at radius 2 is 2.25 bits per heavy atom. The van der Waals surface area contributed by atoms with Crippen molar-refractivity contribution in [3.05, 3.63) is 0 Å². The van der Waals surface area contributed by atoms with Crippen LogP contribution in [0.1, 0.15) is 32.1 Å². The smallest absolute Gasteiger partial charge is 0.326 e. The van der Waals surface area contributed by atoms with Crippen molar-refractivity contribution < 1.29 is 19.4 Å². The molecule has 0 aromatic carbocycles. The number of carbonyl (C=O) groups excluding carboxylic acids is 1. The van der Waals surface area contributed by atoms with Gasteiger partial charge >= 0.3 is 12.0 Å². The molecule has 1 aliphatic rings. The van der Waals surface area contributed by atoms with Crippen LogP contribution in [0.25, 0.3) is 0 Å². The van der Waals surface area contributed by atoms with Crippen LogP contribution in [0, 0.1) is 0 Å². The fourth-order valence-electron chi connectivity index (χ4n) is 2.08. The van der Waals surface area contributed by atoms with Crippen molar-refractivity contribution in [2.45, 2.75) is 44.2 Å². The van der Waals surface area contributed by atoms with Crippen LogP contribution >= 0.6 is 11.8 Å². The molecule has 0 spiro atoms. The predicted octanol–water partition coefficient (Wildman–Crippen LogP) is 1.45. The summed E-state index contributed by atoms with van der Waals surface area (Å²) in [5.74, 6) is -0.294. The molecule has 0 aromatic heterocycles. The molecule has 2 amide bonds. The van der Waals surface area contributed by atoms with Crippen molar-refractivity contribution >= 4 is 23.8 Å². The Hall–Kier alpha value is -0.950. The number of rotatable bonds is 8. The van der Waals surface area contributed by atoms with Gasteiger partial charge in [-0.15, -0.1) is 0 Å². The van der Waals surface area contributed by atoms with E-state index < -0.39 is 18.0 Å². The fourth-order valence-corrected chi connectivity index (χ4v) is 2.56. The number of aliphatic carboxylic acids is 1. The first-order valence-corrected chi connectivity index (χ1v) is 8.40. The largest absolute Gasteiger partial charge is 0.480 e. The van der Waals surface area contributed by atoms with Crippen molar-refractivity contribution in [2.24, 2.45) is 0 Å². The summed E-state index contributed by atoms with van der Waals surface area (Å²) in [5.41, 5.74) is 0. The van der Waals surface area contributed by atoms with E-state index in [2.05, 4.69) is 10.6 Å². The molecule has 0 aromatic rings. The lowest BCUT2D eigenvalue weighted by atomic mass is 10.1. The van der Waals surface area contributed by atoms with Gasteiger partial charge < -0.3 is 20.5 Å². The monoisotopic (exact) mass is 304 g/mol. The zero-order valence-corrected chi connectivity index (χ0v) is 12.7. The fraction of sp³-hybridized carbons (Fsp3) is 0.846. The Kier molecular flexibility index (Phi) is 8.45. The summed E-state index contributed by atoms with van der Waals surface area (Å²) in [5, 5.41) is 14.2. The van der Waals surface area contributed by atoms with Gasteiger partial charge in [0.15, 0.2) is 0 Å². The number of thioether (sulfide) groups is 1.